The van der Waals surface area contributed by atoms with Crippen molar-refractivity contribution in [2.24, 2.45) is 17.8 Å². The summed E-state index contributed by atoms with van der Waals surface area (Å²) in [5.41, 5.74) is 0. The smallest absolute Gasteiger partial charge is 0.00683 e. The Morgan fingerprint density at radius 2 is 1.62 bits per heavy atom. The topological polar surface area (TPSA) is 12.0 Å². The van der Waals surface area contributed by atoms with E-state index in [1.54, 1.807) is 0 Å². The van der Waals surface area contributed by atoms with Gasteiger partial charge in [-0.2, -0.15) is 0 Å². The Bertz CT molecular complexity index is 153. The fourth-order valence-corrected chi connectivity index (χ4v) is 2.90. The van der Waals surface area contributed by atoms with E-state index < -0.39 is 0 Å². The summed E-state index contributed by atoms with van der Waals surface area (Å²) in [6, 6.07) is 0.896. The Morgan fingerprint density at radius 1 is 1.00 bits per heavy atom. The average molecular weight is 181 g/mol. The van der Waals surface area contributed by atoms with Gasteiger partial charge in [-0.3, -0.25) is 0 Å². The van der Waals surface area contributed by atoms with Crippen molar-refractivity contribution in [3.05, 3.63) is 0 Å². The molecule has 0 aromatic rings. The molecular formula is C12H23N. The van der Waals surface area contributed by atoms with Crippen LogP contribution in [0.1, 0.15) is 46.0 Å². The van der Waals surface area contributed by atoms with E-state index in [-0.39, 0.29) is 0 Å². The van der Waals surface area contributed by atoms with Gasteiger partial charge < -0.3 is 5.32 Å². The quantitative estimate of drug-likeness (QED) is 0.706. The van der Waals surface area contributed by atoms with Gasteiger partial charge in [-0.25, -0.2) is 0 Å². The number of hydrogen-bond donors (Lipinski definition) is 1. The van der Waals surface area contributed by atoms with Crippen LogP contribution in [0.5, 0.6) is 0 Å². The first-order chi connectivity index (χ1) is 6.24. The molecule has 2 fully saturated rings. The lowest BCUT2D eigenvalue weighted by Crippen LogP contribution is -2.30. The van der Waals surface area contributed by atoms with Crippen LogP contribution in [0.4, 0.5) is 0 Å². The molecule has 2 aliphatic rings. The molecule has 1 N–H and O–H groups in total. The molecule has 76 valence electrons. The first-order valence-electron chi connectivity index (χ1n) is 5.97. The molecule has 0 aromatic heterocycles. The third-order valence-corrected chi connectivity index (χ3v) is 3.55. The molecule has 0 heterocycles. The summed E-state index contributed by atoms with van der Waals surface area (Å²) in [4.78, 5) is 0. The maximum Gasteiger partial charge on any atom is 0.00683 e. The standard InChI is InChI=1S/C12H23N/c1-9-5-10(2)7-11(6-9)8-13-12-3-4-12/h9-13H,3-8H2,1-2H3. The fraction of sp³-hybridized carbons (Fsp3) is 1.00. The fourth-order valence-electron chi connectivity index (χ4n) is 2.90. The van der Waals surface area contributed by atoms with E-state index in [2.05, 4.69) is 19.2 Å². The van der Waals surface area contributed by atoms with Crippen LogP contribution < -0.4 is 5.32 Å². The SMILES string of the molecule is CC1CC(C)CC(CNC2CC2)C1. The van der Waals surface area contributed by atoms with Crippen molar-refractivity contribution in [1.29, 1.82) is 0 Å². The lowest BCUT2D eigenvalue weighted by Gasteiger charge is -2.31. The average Bonchev–Trinajstić information content (AvgIpc) is 2.81. The van der Waals surface area contributed by atoms with Gasteiger partial charge in [-0.15, -0.1) is 0 Å². The molecular weight excluding hydrogens is 158 g/mol. The van der Waals surface area contributed by atoms with Crippen LogP contribution in [-0.2, 0) is 0 Å². The summed E-state index contributed by atoms with van der Waals surface area (Å²) in [6.45, 7) is 6.12. The van der Waals surface area contributed by atoms with Gasteiger partial charge >= 0.3 is 0 Å². The maximum atomic E-state index is 3.67. The maximum absolute atomic E-state index is 3.67. The lowest BCUT2D eigenvalue weighted by molar-refractivity contribution is 0.214. The Morgan fingerprint density at radius 3 is 2.15 bits per heavy atom. The lowest BCUT2D eigenvalue weighted by atomic mass is 9.77. The predicted octanol–water partition coefficient (Wildman–Crippen LogP) is 2.81. The van der Waals surface area contributed by atoms with Crippen LogP contribution in [0.2, 0.25) is 0 Å². The Hall–Kier alpha value is -0.0400. The van der Waals surface area contributed by atoms with E-state index in [9.17, 15) is 0 Å². The molecule has 1 nitrogen and oxygen atoms in total. The van der Waals surface area contributed by atoms with Gasteiger partial charge in [0.1, 0.15) is 0 Å². The number of nitrogens with one attached hydrogen (secondary N) is 1. The normalized spacial score (nSPS) is 40.6. The van der Waals surface area contributed by atoms with Crippen molar-refractivity contribution < 1.29 is 0 Å². The third kappa shape index (κ3) is 2.98. The van der Waals surface area contributed by atoms with Crippen molar-refractivity contribution in [1.82, 2.24) is 5.32 Å². The highest BCUT2D eigenvalue weighted by Gasteiger charge is 2.26. The van der Waals surface area contributed by atoms with Gasteiger partial charge in [-0.1, -0.05) is 13.8 Å². The summed E-state index contributed by atoms with van der Waals surface area (Å²) >= 11 is 0. The second-order valence-electron chi connectivity index (χ2n) is 5.47. The minimum absolute atomic E-state index is 0.896. The van der Waals surface area contributed by atoms with Gasteiger partial charge in [-0.05, 0) is 56.4 Å². The monoisotopic (exact) mass is 181 g/mol. The molecule has 0 spiro atoms. The zero-order valence-electron chi connectivity index (χ0n) is 9.05. The minimum Gasteiger partial charge on any atom is -0.314 e. The molecule has 13 heavy (non-hydrogen) atoms. The third-order valence-electron chi connectivity index (χ3n) is 3.55. The van der Waals surface area contributed by atoms with Crippen molar-refractivity contribution in [2.75, 3.05) is 6.54 Å². The first-order valence-corrected chi connectivity index (χ1v) is 5.97. The highest BCUT2D eigenvalue weighted by Crippen LogP contribution is 2.32. The summed E-state index contributed by atoms with van der Waals surface area (Å²) in [5.74, 6) is 2.91. The molecule has 0 radical (unpaired) electrons. The molecule has 0 amide bonds. The second-order valence-corrected chi connectivity index (χ2v) is 5.47. The molecule has 2 unspecified atom stereocenters. The Balaban J connectivity index is 1.70. The van der Waals surface area contributed by atoms with Crippen molar-refractivity contribution in [2.45, 2.75) is 52.0 Å². The van der Waals surface area contributed by atoms with Gasteiger partial charge in [0.25, 0.3) is 0 Å². The van der Waals surface area contributed by atoms with Crippen molar-refractivity contribution in [3.8, 4) is 0 Å². The molecule has 0 bridgehead atoms. The zero-order chi connectivity index (χ0) is 9.26. The van der Waals surface area contributed by atoms with Crippen LogP contribution >= 0.6 is 0 Å². The first kappa shape index (κ1) is 9.51. The Labute approximate surface area is 82.3 Å². The molecule has 2 aliphatic carbocycles. The summed E-state index contributed by atoms with van der Waals surface area (Å²) < 4.78 is 0. The molecule has 2 atom stereocenters. The van der Waals surface area contributed by atoms with Gasteiger partial charge in [0.15, 0.2) is 0 Å². The van der Waals surface area contributed by atoms with Gasteiger partial charge in [0, 0.05) is 6.04 Å². The van der Waals surface area contributed by atoms with Crippen LogP contribution in [0.25, 0.3) is 0 Å². The molecule has 0 aromatic carbocycles. The predicted molar refractivity (Wildman–Crippen MR) is 56.7 cm³/mol. The minimum atomic E-state index is 0.896. The largest absolute Gasteiger partial charge is 0.314 e. The Kier molecular flexibility index (Phi) is 2.92. The van der Waals surface area contributed by atoms with Gasteiger partial charge in [0.2, 0.25) is 0 Å². The molecule has 2 rings (SSSR count). The summed E-state index contributed by atoms with van der Waals surface area (Å²) in [5, 5.41) is 3.67. The molecule has 0 saturated heterocycles. The van der Waals surface area contributed by atoms with Crippen LogP contribution in [0, 0.1) is 17.8 Å². The van der Waals surface area contributed by atoms with E-state index in [1.807, 2.05) is 0 Å². The van der Waals surface area contributed by atoms with E-state index in [0.29, 0.717) is 0 Å². The van der Waals surface area contributed by atoms with Crippen LogP contribution in [-0.4, -0.2) is 12.6 Å². The number of rotatable bonds is 3. The van der Waals surface area contributed by atoms with Gasteiger partial charge in [0.05, 0.1) is 0 Å². The van der Waals surface area contributed by atoms with E-state index in [0.717, 1.165) is 23.8 Å². The van der Waals surface area contributed by atoms with E-state index >= 15 is 0 Å². The highest BCUT2D eigenvalue weighted by molar-refractivity contribution is 4.83. The summed E-state index contributed by atoms with van der Waals surface area (Å²) in [7, 11) is 0. The molecule has 0 aliphatic heterocycles. The van der Waals surface area contributed by atoms with Crippen molar-refractivity contribution in [3.63, 3.8) is 0 Å². The molecule has 1 heteroatoms. The van der Waals surface area contributed by atoms with E-state index in [4.69, 9.17) is 0 Å². The van der Waals surface area contributed by atoms with E-state index in [1.165, 1.54) is 38.6 Å². The van der Waals surface area contributed by atoms with Crippen molar-refractivity contribution >= 4 is 0 Å². The molecule has 2 saturated carbocycles. The highest BCUT2D eigenvalue weighted by atomic mass is 14.9. The zero-order valence-corrected chi connectivity index (χ0v) is 9.05. The van der Waals surface area contributed by atoms with Crippen LogP contribution in [0.3, 0.4) is 0 Å². The van der Waals surface area contributed by atoms with Crippen LogP contribution in [0.15, 0.2) is 0 Å². The number of hydrogen-bond acceptors (Lipinski definition) is 1. The second kappa shape index (κ2) is 4.00. The summed E-state index contributed by atoms with van der Waals surface area (Å²) in [6.07, 6.45) is 7.24.